The quantitative estimate of drug-likeness (QED) is 0.451. The van der Waals surface area contributed by atoms with E-state index in [0.29, 0.717) is 5.41 Å². The molecule has 2 atom stereocenters. The second kappa shape index (κ2) is 7.35. The molecule has 16 heavy (non-hydrogen) atoms. The number of unbranched alkanes of at least 4 members (excludes halogenated alkanes) is 2. The fourth-order valence-corrected chi connectivity index (χ4v) is 2.69. The highest BCUT2D eigenvalue weighted by Gasteiger charge is 2.31. The Balaban J connectivity index is 4.40. The van der Waals surface area contributed by atoms with Gasteiger partial charge < -0.3 is 0 Å². The SMILES string of the molecule is CCCCCC(C(C)C)C(C)C(C)(C)CC. The standard InChI is InChI=1S/C16H34/c1-8-10-11-12-15(13(3)4)14(5)16(6,7)9-2/h13-15H,8-12H2,1-7H3. The predicted octanol–water partition coefficient (Wildman–Crippen LogP) is 5.91. The molecule has 2 unspecified atom stereocenters. The van der Waals surface area contributed by atoms with E-state index < -0.39 is 0 Å². The molecule has 0 aromatic heterocycles. The molecule has 0 aliphatic rings. The van der Waals surface area contributed by atoms with Crippen LogP contribution >= 0.6 is 0 Å². The molecule has 0 aliphatic heterocycles. The summed E-state index contributed by atoms with van der Waals surface area (Å²) in [5, 5.41) is 0. The maximum Gasteiger partial charge on any atom is -0.0328 e. The van der Waals surface area contributed by atoms with Crippen molar-refractivity contribution in [1.29, 1.82) is 0 Å². The molecule has 0 saturated carbocycles. The molecule has 0 heterocycles. The first-order valence-corrected chi connectivity index (χ1v) is 7.36. The Hall–Kier alpha value is 0. The lowest BCUT2D eigenvalue weighted by atomic mass is 9.67. The molecule has 0 heteroatoms. The van der Waals surface area contributed by atoms with Gasteiger partial charge in [0.05, 0.1) is 0 Å². The van der Waals surface area contributed by atoms with Gasteiger partial charge in [0.1, 0.15) is 0 Å². The minimum Gasteiger partial charge on any atom is -0.0654 e. The van der Waals surface area contributed by atoms with E-state index in [-0.39, 0.29) is 0 Å². The van der Waals surface area contributed by atoms with Gasteiger partial charge in [-0.15, -0.1) is 0 Å². The summed E-state index contributed by atoms with van der Waals surface area (Å²) in [5.74, 6) is 2.58. The Kier molecular flexibility index (Phi) is 7.35. The predicted molar refractivity (Wildman–Crippen MR) is 75.7 cm³/mol. The van der Waals surface area contributed by atoms with Gasteiger partial charge in [0.2, 0.25) is 0 Å². The van der Waals surface area contributed by atoms with E-state index in [0.717, 1.165) is 17.8 Å². The third kappa shape index (κ3) is 4.89. The maximum absolute atomic E-state index is 2.47. The molecule has 0 bridgehead atoms. The summed E-state index contributed by atoms with van der Waals surface area (Å²) in [6.45, 7) is 16.8. The second-order valence-electron chi connectivity index (χ2n) is 6.53. The molecule has 0 N–H and O–H groups in total. The van der Waals surface area contributed by atoms with Gasteiger partial charge in [-0.05, 0) is 29.6 Å². The van der Waals surface area contributed by atoms with Crippen LogP contribution in [0.2, 0.25) is 0 Å². The minimum absolute atomic E-state index is 0.501. The third-order valence-corrected chi connectivity index (χ3v) is 4.78. The zero-order chi connectivity index (χ0) is 12.8. The molecule has 0 aromatic rings. The average molecular weight is 226 g/mol. The maximum atomic E-state index is 2.47. The van der Waals surface area contributed by atoms with Gasteiger partial charge in [0.25, 0.3) is 0 Å². The van der Waals surface area contributed by atoms with Crippen LogP contribution < -0.4 is 0 Å². The first-order valence-electron chi connectivity index (χ1n) is 7.36. The monoisotopic (exact) mass is 226 g/mol. The van der Waals surface area contributed by atoms with Crippen LogP contribution in [-0.2, 0) is 0 Å². The van der Waals surface area contributed by atoms with E-state index in [4.69, 9.17) is 0 Å². The molecule has 0 rings (SSSR count). The highest BCUT2D eigenvalue weighted by Crippen LogP contribution is 2.40. The fourth-order valence-electron chi connectivity index (χ4n) is 2.69. The Morgan fingerprint density at radius 2 is 1.50 bits per heavy atom. The van der Waals surface area contributed by atoms with Gasteiger partial charge >= 0.3 is 0 Å². The topological polar surface area (TPSA) is 0 Å². The molecule has 98 valence electrons. The van der Waals surface area contributed by atoms with Crippen molar-refractivity contribution in [2.24, 2.45) is 23.2 Å². The molecule has 0 saturated heterocycles. The highest BCUT2D eigenvalue weighted by molar-refractivity contribution is 4.81. The Morgan fingerprint density at radius 1 is 0.938 bits per heavy atom. The summed E-state index contributed by atoms with van der Waals surface area (Å²) in [6.07, 6.45) is 6.89. The Morgan fingerprint density at radius 3 is 1.88 bits per heavy atom. The molecule has 0 aromatic carbocycles. The van der Waals surface area contributed by atoms with Gasteiger partial charge in [-0.25, -0.2) is 0 Å². The van der Waals surface area contributed by atoms with Crippen molar-refractivity contribution in [2.75, 3.05) is 0 Å². The molecule has 0 aliphatic carbocycles. The van der Waals surface area contributed by atoms with Gasteiger partial charge in [-0.2, -0.15) is 0 Å². The number of hydrogen-bond donors (Lipinski definition) is 0. The molecule has 0 amide bonds. The lowest BCUT2D eigenvalue weighted by Crippen LogP contribution is -2.30. The Labute approximate surface area is 104 Å². The van der Waals surface area contributed by atoms with Crippen LogP contribution in [0.5, 0.6) is 0 Å². The fraction of sp³-hybridized carbons (Fsp3) is 1.00. The lowest BCUT2D eigenvalue weighted by Gasteiger charge is -2.39. The average Bonchev–Trinajstić information content (AvgIpc) is 2.23. The van der Waals surface area contributed by atoms with Gasteiger partial charge in [0.15, 0.2) is 0 Å². The molecule has 0 fully saturated rings. The normalized spacial score (nSPS) is 16.5. The van der Waals surface area contributed by atoms with Crippen molar-refractivity contribution in [1.82, 2.24) is 0 Å². The van der Waals surface area contributed by atoms with Crippen molar-refractivity contribution in [2.45, 2.75) is 80.6 Å². The second-order valence-corrected chi connectivity index (χ2v) is 6.53. The molecular weight excluding hydrogens is 192 g/mol. The van der Waals surface area contributed by atoms with E-state index in [2.05, 4.69) is 48.5 Å². The van der Waals surface area contributed by atoms with Gasteiger partial charge in [0, 0.05) is 0 Å². The number of rotatable bonds is 8. The van der Waals surface area contributed by atoms with Crippen LogP contribution in [-0.4, -0.2) is 0 Å². The summed E-state index contributed by atoms with van der Waals surface area (Å²) >= 11 is 0. The van der Waals surface area contributed by atoms with Crippen LogP contribution in [0, 0.1) is 23.2 Å². The van der Waals surface area contributed by atoms with E-state index in [1.165, 1.54) is 32.1 Å². The minimum atomic E-state index is 0.501. The Bertz CT molecular complexity index is 167. The van der Waals surface area contributed by atoms with Crippen molar-refractivity contribution in [3.05, 3.63) is 0 Å². The van der Waals surface area contributed by atoms with E-state index in [1.807, 2.05) is 0 Å². The third-order valence-electron chi connectivity index (χ3n) is 4.78. The van der Waals surface area contributed by atoms with Crippen molar-refractivity contribution in [3.63, 3.8) is 0 Å². The van der Waals surface area contributed by atoms with E-state index in [9.17, 15) is 0 Å². The van der Waals surface area contributed by atoms with Gasteiger partial charge in [-0.1, -0.05) is 74.1 Å². The molecule has 0 radical (unpaired) electrons. The first kappa shape index (κ1) is 16.0. The van der Waals surface area contributed by atoms with E-state index >= 15 is 0 Å². The van der Waals surface area contributed by atoms with Crippen molar-refractivity contribution in [3.8, 4) is 0 Å². The number of hydrogen-bond acceptors (Lipinski definition) is 0. The summed E-state index contributed by atoms with van der Waals surface area (Å²) < 4.78 is 0. The summed E-state index contributed by atoms with van der Waals surface area (Å²) in [6, 6.07) is 0. The van der Waals surface area contributed by atoms with E-state index in [1.54, 1.807) is 0 Å². The van der Waals surface area contributed by atoms with Crippen LogP contribution in [0.4, 0.5) is 0 Å². The summed E-state index contributed by atoms with van der Waals surface area (Å²) in [7, 11) is 0. The lowest BCUT2D eigenvalue weighted by molar-refractivity contribution is 0.108. The van der Waals surface area contributed by atoms with Crippen molar-refractivity contribution < 1.29 is 0 Å². The first-order chi connectivity index (χ1) is 7.36. The van der Waals surface area contributed by atoms with Crippen molar-refractivity contribution >= 4 is 0 Å². The van der Waals surface area contributed by atoms with Gasteiger partial charge in [-0.3, -0.25) is 0 Å². The summed E-state index contributed by atoms with van der Waals surface area (Å²) in [5.41, 5.74) is 0.501. The smallest absolute Gasteiger partial charge is 0.0328 e. The molecular formula is C16H34. The van der Waals surface area contributed by atoms with Crippen LogP contribution in [0.3, 0.4) is 0 Å². The zero-order valence-corrected chi connectivity index (χ0v) is 12.8. The highest BCUT2D eigenvalue weighted by atomic mass is 14.4. The zero-order valence-electron chi connectivity index (χ0n) is 12.8. The van der Waals surface area contributed by atoms with Crippen LogP contribution in [0.25, 0.3) is 0 Å². The van der Waals surface area contributed by atoms with Crippen LogP contribution in [0.15, 0.2) is 0 Å². The molecule has 0 spiro atoms. The van der Waals surface area contributed by atoms with Crippen LogP contribution in [0.1, 0.15) is 80.6 Å². The molecule has 0 nitrogen and oxygen atoms in total. The largest absolute Gasteiger partial charge is 0.0654 e. The summed E-state index contributed by atoms with van der Waals surface area (Å²) in [4.78, 5) is 0.